The fraction of sp³-hybridized carbons (Fsp3) is 0.375. The Morgan fingerprint density at radius 2 is 1.61 bits per heavy atom. The van der Waals surface area contributed by atoms with E-state index in [-0.39, 0.29) is 24.3 Å². The van der Waals surface area contributed by atoms with E-state index in [9.17, 15) is 9.59 Å². The maximum atomic E-state index is 12.9. The Balaban J connectivity index is 1.16. The Bertz CT molecular complexity index is 1650. The van der Waals surface area contributed by atoms with Crippen LogP contribution in [-0.4, -0.2) is 117 Å². The van der Waals surface area contributed by atoms with Gasteiger partial charge in [0.1, 0.15) is 5.69 Å². The molecule has 6 N–H and O–H groups in total. The molecule has 4 aromatic rings. The average molecular weight is 674 g/mol. The van der Waals surface area contributed by atoms with Crippen LogP contribution in [-0.2, 0) is 27.4 Å². The molecule has 0 saturated heterocycles. The van der Waals surface area contributed by atoms with Crippen molar-refractivity contribution in [1.82, 2.24) is 50.7 Å². The standard InChI is InChI=1S/C32H43N13O4/c1-24(2)30(46)35-12-14-43(16-18-48-20-21-49-19-17-44-23-27(38-41-44)22-37-32(33)34)15-13-36-31(47)26-10-8-25(9-11-26)29-39-42-45(40-29)28-6-4-3-5-7-28/h3-11,23H,1,12-22H2,2H3,(H,35,46)(H,36,47)(H4,33,34,37). The number of carbonyl (C=O) groups is 2. The molecule has 2 heterocycles. The van der Waals surface area contributed by atoms with E-state index < -0.39 is 0 Å². The van der Waals surface area contributed by atoms with Crippen LogP contribution < -0.4 is 22.1 Å². The molecule has 4 rings (SSSR count). The monoisotopic (exact) mass is 673 g/mol. The molecule has 0 aliphatic carbocycles. The largest absolute Gasteiger partial charge is 0.378 e. The molecule has 0 bridgehead atoms. The van der Waals surface area contributed by atoms with E-state index in [2.05, 4.69) is 52.8 Å². The lowest BCUT2D eigenvalue weighted by Gasteiger charge is -2.22. The molecule has 0 fully saturated rings. The molecule has 0 atom stereocenters. The van der Waals surface area contributed by atoms with E-state index >= 15 is 0 Å². The highest BCUT2D eigenvalue weighted by molar-refractivity contribution is 5.94. The highest BCUT2D eigenvalue weighted by Gasteiger charge is 2.12. The Hall–Kier alpha value is -5.52. The van der Waals surface area contributed by atoms with Crippen LogP contribution in [0.25, 0.3) is 17.1 Å². The molecule has 2 aromatic carbocycles. The zero-order valence-electron chi connectivity index (χ0n) is 27.6. The zero-order valence-corrected chi connectivity index (χ0v) is 27.6. The molecule has 2 aromatic heterocycles. The Labute approximate surface area is 284 Å². The molecule has 17 nitrogen and oxygen atoms in total. The van der Waals surface area contributed by atoms with Gasteiger partial charge in [0, 0.05) is 49.4 Å². The maximum Gasteiger partial charge on any atom is 0.251 e. The summed E-state index contributed by atoms with van der Waals surface area (Å²) in [6.07, 6.45) is 1.76. The van der Waals surface area contributed by atoms with Gasteiger partial charge in [-0.1, -0.05) is 42.1 Å². The van der Waals surface area contributed by atoms with Gasteiger partial charge in [-0.05, 0) is 36.4 Å². The van der Waals surface area contributed by atoms with Crippen molar-refractivity contribution < 1.29 is 19.1 Å². The number of ether oxygens (including phenoxy) is 2. The number of tetrazole rings is 1. The van der Waals surface area contributed by atoms with Crippen molar-refractivity contribution in [2.45, 2.75) is 20.0 Å². The van der Waals surface area contributed by atoms with Crippen LogP contribution >= 0.6 is 0 Å². The molecule has 0 aliphatic heterocycles. The van der Waals surface area contributed by atoms with E-state index in [0.717, 1.165) is 11.3 Å². The maximum absolute atomic E-state index is 12.9. The number of carbonyl (C=O) groups excluding carboxylic acids is 2. The summed E-state index contributed by atoms with van der Waals surface area (Å²) in [4.78, 5) is 32.3. The molecular weight excluding hydrogens is 630 g/mol. The molecule has 0 unspecified atom stereocenters. The fourth-order valence-electron chi connectivity index (χ4n) is 4.38. The number of nitrogens with zero attached hydrogens (tertiary/aromatic N) is 9. The third-order valence-corrected chi connectivity index (χ3v) is 7.02. The van der Waals surface area contributed by atoms with Gasteiger partial charge in [0.25, 0.3) is 5.91 Å². The average Bonchev–Trinajstić information content (AvgIpc) is 3.79. The van der Waals surface area contributed by atoms with Gasteiger partial charge in [-0.15, -0.1) is 20.1 Å². The van der Waals surface area contributed by atoms with Crippen molar-refractivity contribution in [3.05, 3.63) is 84.2 Å². The van der Waals surface area contributed by atoms with Crippen LogP contribution in [0.4, 0.5) is 0 Å². The fourth-order valence-corrected chi connectivity index (χ4v) is 4.38. The summed E-state index contributed by atoms with van der Waals surface area (Å²) >= 11 is 0. The zero-order chi connectivity index (χ0) is 34.8. The number of nitrogens with one attached hydrogen (secondary N) is 2. The molecular formula is C32H43N13O4. The predicted molar refractivity (Wildman–Crippen MR) is 182 cm³/mol. The van der Waals surface area contributed by atoms with E-state index in [1.54, 1.807) is 42.1 Å². The molecule has 17 heteroatoms. The van der Waals surface area contributed by atoms with Crippen LogP contribution in [0, 0.1) is 0 Å². The van der Waals surface area contributed by atoms with E-state index in [0.29, 0.717) is 88.4 Å². The van der Waals surface area contributed by atoms with Crippen molar-refractivity contribution in [2.24, 2.45) is 16.5 Å². The third kappa shape index (κ3) is 12.5. The number of aliphatic imine (C=N–C) groups is 1. The van der Waals surface area contributed by atoms with Gasteiger partial charge in [0.2, 0.25) is 11.7 Å². The first-order chi connectivity index (χ1) is 23.8. The quantitative estimate of drug-likeness (QED) is 0.0402. The van der Waals surface area contributed by atoms with Crippen LogP contribution in [0.2, 0.25) is 0 Å². The number of amides is 2. The normalized spacial score (nSPS) is 11.0. The Morgan fingerprint density at radius 3 is 2.33 bits per heavy atom. The van der Waals surface area contributed by atoms with Gasteiger partial charge < -0.3 is 31.6 Å². The van der Waals surface area contributed by atoms with Crippen LogP contribution in [0.15, 0.2) is 77.9 Å². The number of hydrogen-bond donors (Lipinski definition) is 4. The topological polar surface area (TPSA) is 219 Å². The summed E-state index contributed by atoms with van der Waals surface area (Å²) in [7, 11) is 0. The lowest BCUT2D eigenvalue weighted by molar-refractivity contribution is -0.117. The minimum absolute atomic E-state index is 0.00149. The minimum atomic E-state index is -0.202. The van der Waals surface area contributed by atoms with E-state index in [1.165, 1.54) is 4.80 Å². The number of para-hydroxylation sites is 1. The second-order valence-corrected chi connectivity index (χ2v) is 10.9. The van der Waals surface area contributed by atoms with Gasteiger partial charge in [0.05, 0.1) is 51.4 Å². The van der Waals surface area contributed by atoms with Gasteiger partial charge in [-0.3, -0.25) is 14.5 Å². The highest BCUT2D eigenvalue weighted by Crippen LogP contribution is 2.16. The first-order valence-corrected chi connectivity index (χ1v) is 15.8. The van der Waals surface area contributed by atoms with Crippen LogP contribution in [0.5, 0.6) is 0 Å². The number of hydrogen-bond acceptors (Lipinski definition) is 11. The second-order valence-electron chi connectivity index (χ2n) is 10.9. The number of guanidine groups is 1. The predicted octanol–water partition coefficient (Wildman–Crippen LogP) is 0.152. The summed E-state index contributed by atoms with van der Waals surface area (Å²) < 4.78 is 13.1. The van der Waals surface area contributed by atoms with Crippen molar-refractivity contribution >= 4 is 17.8 Å². The highest BCUT2D eigenvalue weighted by atomic mass is 16.5. The summed E-state index contributed by atoms with van der Waals surface area (Å²) in [5.74, 6) is 0.0637. The number of nitrogens with two attached hydrogens (primary N) is 2. The van der Waals surface area contributed by atoms with Gasteiger partial charge >= 0.3 is 0 Å². The summed E-state index contributed by atoms with van der Waals surface area (Å²) in [5, 5.41) is 26.5. The van der Waals surface area contributed by atoms with Gasteiger partial charge in [-0.25, -0.2) is 9.67 Å². The summed E-state index contributed by atoms with van der Waals surface area (Å²) in [6, 6.07) is 16.5. The molecule has 0 spiro atoms. The Morgan fingerprint density at radius 1 is 0.898 bits per heavy atom. The van der Waals surface area contributed by atoms with Gasteiger partial charge in [0.15, 0.2) is 5.96 Å². The summed E-state index contributed by atoms with van der Waals surface area (Å²) in [5.41, 5.74) is 13.8. The number of benzene rings is 2. The molecule has 2 amide bonds. The van der Waals surface area contributed by atoms with Crippen molar-refractivity contribution in [2.75, 3.05) is 59.2 Å². The van der Waals surface area contributed by atoms with Gasteiger partial charge in [-0.2, -0.15) is 0 Å². The minimum Gasteiger partial charge on any atom is -0.378 e. The van der Waals surface area contributed by atoms with Crippen LogP contribution in [0.1, 0.15) is 23.0 Å². The molecule has 0 aliphatic rings. The first kappa shape index (κ1) is 36.3. The second kappa shape index (κ2) is 19.3. The lowest BCUT2D eigenvalue weighted by atomic mass is 10.1. The molecule has 0 radical (unpaired) electrons. The smallest absolute Gasteiger partial charge is 0.251 e. The summed E-state index contributed by atoms with van der Waals surface area (Å²) in [6.45, 7) is 10.4. The van der Waals surface area contributed by atoms with Crippen molar-refractivity contribution in [3.63, 3.8) is 0 Å². The van der Waals surface area contributed by atoms with E-state index in [4.69, 9.17) is 20.9 Å². The van der Waals surface area contributed by atoms with Crippen molar-refractivity contribution in [3.8, 4) is 17.1 Å². The Kier molecular flexibility index (Phi) is 14.3. The number of rotatable bonds is 21. The van der Waals surface area contributed by atoms with Crippen molar-refractivity contribution in [1.29, 1.82) is 0 Å². The lowest BCUT2D eigenvalue weighted by Crippen LogP contribution is -2.41. The first-order valence-electron chi connectivity index (χ1n) is 15.8. The molecule has 49 heavy (non-hydrogen) atoms. The third-order valence-electron chi connectivity index (χ3n) is 7.02. The SMILES string of the molecule is C=C(C)C(=O)NCCN(CCNC(=O)c1ccc(-c2nnn(-c3ccccc3)n2)cc1)CCOCCOCCn1cc(CN=C(N)N)nn1. The van der Waals surface area contributed by atoms with E-state index in [1.807, 2.05) is 30.3 Å². The molecule has 260 valence electrons. The number of aromatic nitrogens is 7. The van der Waals surface area contributed by atoms with Crippen LogP contribution in [0.3, 0.4) is 0 Å². The molecule has 0 saturated carbocycles.